The van der Waals surface area contributed by atoms with Crippen LogP contribution < -0.4 is 10.2 Å². The van der Waals surface area contributed by atoms with Crippen molar-refractivity contribution in [3.63, 3.8) is 0 Å². The smallest absolute Gasteiger partial charge is 0.335 e. The van der Waals surface area contributed by atoms with E-state index in [4.69, 9.17) is 5.11 Å². The molecule has 0 aromatic heterocycles. The third-order valence-corrected chi connectivity index (χ3v) is 3.75. The minimum atomic E-state index is -0.848. The SMILES string of the molecule is C[C@@H]1CNC[C@H]2Cc3ccc(C(=O)O)cc3N21. The van der Waals surface area contributed by atoms with Crippen molar-refractivity contribution in [1.82, 2.24) is 5.32 Å². The molecule has 0 spiro atoms. The molecule has 3 rings (SSSR count). The van der Waals surface area contributed by atoms with Gasteiger partial charge in [0, 0.05) is 30.9 Å². The van der Waals surface area contributed by atoms with Crippen molar-refractivity contribution >= 4 is 11.7 Å². The largest absolute Gasteiger partial charge is 0.478 e. The number of piperazine rings is 1. The fourth-order valence-electron chi connectivity index (χ4n) is 2.98. The number of carboxylic acids is 1. The molecular weight excluding hydrogens is 216 g/mol. The van der Waals surface area contributed by atoms with E-state index in [1.165, 1.54) is 5.56 Å². The maximum Gasteiger partial charge on any atom is 0.335 e. The highest BCUT2D eigenvalue weighted by molar-refractivity contribution is 5.89. The Kier molecular flexibility index (Phi) is 2.33. The Morgan fingerprint density at radius 2 is 2.29 bits per heavy atom. The lowest BCUT2D eigenvalue weighted by Crippen LogP contribution is -2.54. The molecule has 0 aliphatic carbocycles. The molecule has 0 unspecified atom stereocenters. The molecule has 4 heteroatoms. The number of nitrogens with one attached hydrogen (secondary N) is 1. The third kappa shape index (κ3) is 1.60. The van der Waals surface area contributed by atoms with Gasteiger partial charge in [-0.05, 0) is 31.0 Å². The van der Waals surface area contributed by atoms with Crippen LogP contribution in [0.3, 0.4) is 0 Å². The second kappa shape index (κ2) is 3.74. The van der Waals surface area contributed by atoms with Gasteiger partial charge in [0.05, 0.1) is 5.56 Å². The van der Waals surface area contributed by atoms with E-state index in [0.29, 0.717) is 17.6 Å². The van der Waals surface area contributed by atoms with Crippen LogP contribution >= 0.6 is 0 Å². The number of fused-ring (bicyclic) bond motifs is 3. The van der Waals surface area contributed by atoms with Crippen LogP contribution in [0.25, 0.3) is 0 Å². The van der Waals surface area contributed by atoms with E-state index < -0.39 is 5.97 Å². The number of nitrogens with zero attached hydrogens (tertiary/aromatic N) is 1. The van der Waals surface area contributed by atoms with Gasteiger partial charge in [0.25, 0.3) is 0 Å². The van der Waals surface area contributed by atoms with Crippen LogP contribution in [0.5, 0.6) is 0 Å². The first kappa shape index (κ1) is 10.6. The normalized spacial score (nSPS) is 26.5. The monoisotopic (exact) mass is 232 g/mol. The molecule has 2 atom stereocenters. The molecule has 2 N–H and O–H groups in total. The van der Waals surface area contributed by atoms with Crippen LogP contribution in [0, 0.1) is 0 Å². The lowest BCUT2D eigenvalue weighted by atomic mass is 10.1. The summed E-state index contributed by atoms with van der Waals surface area (Å²) in [5.74, 6) is -0.848. The first-order valence-electron chi connectivity index (χ1n) is 6.02. The highest BCUT2D eigenvalue weighted by Crippen LogP contribution is 2.35. The highest BCUT2D eigenvalue weighted by atomic mass is 16.4. The minimum absolute atomic E-state index is 0.384. The lowest BCUT2D eigenvalue weighted by molar-refractivity contribution is 0.0697. The predicted molar refractivity (Wildman–Crippen MR) is 65.7 cm³/mol. The zero-order valence-corrected chi connectivity index (χ0v) is 9.81. The van der Waals surface area contributed by atoms with E-state index in [0.717, 1.165) is 25.2 Å². The average Bonchev–Trinajstić information content (AvgIpc) is 2.67. The second-order valence-corrected chi connectivity index (χ2v) is 4.92. The summed E-state index contributed by atoms with van der Waals surface area (Å²) >= 11 is 0. The van der Waals surface area contributed by atoms with Gasteiger partial charge in [0.2, 0.25) is 0 Å². The molecule has 17 heavy (non-hydrogen) atoms. The van der Waals surface area contributed by atoms with Gasteiger partial charge in [-0.1, -0.05) is 6.07 Å². The maximum absolute atomic E-state index is 11.0. The molecule has 0 amide bonds. The van der Waals surface area contributed by atoms with Crippen molar-refractivity contribution in [2.45, 2.75) is 25.4 Å². The number of carbonyl (C=O) groups is 1. The van der Waals surface area contributed by atoms with Crippen LogP contribution in [0.15, 0.2) is 18.2 Å². The van der Waals surface area contributed by atoms with Gasteiger partial charge in [-0.3, -0.25) is 0 Å². The molecule has 0 bridgehead atoms. The molecule has 2 aliphatic heterocycles. The van der Waals surface area contributed by atoms with Crippen molar-refractivity contribution < 1.29 is 9.90 Å². The van der Waals surface area contributed by atoms with Gasteiger partial charge in [0.15, 0.2) is 0 Å². The fraction of sp³-hybridized carbons (Fsp3) is 0.462. The van der Waals surface area contributed by atoms with Crippen LogP contribution in [0.2, 0.25) is 0 Å². The predicted octanol–water partition coefficient (Wildman–Crippen LogP) is 1.11. The average molecular weight is 232 g/mol. The zero-order chi connectivity index (χ0) is 12.0. The summed E-state index contributed by atoms with van der Waals surface area (Å²) in [6, 6.07) is 6.40. The molecule has 1 saturated heterocycles. The molecule has 2 aliphatic rings. The third-order valence-electron chi connectivity index (χ3n) is 3.75. The van der Waals surface area contributed by atoms with E-state index in [1.54, 1.807) is 6.07 Å². The van der Waals surface area contributed by atoms with Crippen molar-refractivity contribution in [2.75, 3.05) is 18.0 Å². The maximum atomic E-state index is 11.0. The van der Waals surface area contributed by atoms with Gasteiger partial charge in [0.1, 0.15) is 0 Å². The van der Waals surface area contributed by atoms with E-state index in [1.807, 2.05) is 12.1 Å². The van der Waals surface area contributed by atoms with Crippen molar-refractivity contribution in [2.24, 2.45) is 0 Å². The molecule has 1 aromatic rings. The molecule has 1 aromatic carbocycles. The Morgan fingerprint density at radius 3 is 3.06 bits per heavy atom. The molecule has 2 heterocycles. The molecular formula is C13H16N2O2. The van der Waals surface area contributed by atoms with Crippen LogP contribution in [0.1, 0.15) is 22.8 Å². The Labute approximate surface area is 100 Å². The summed E-state index contributed by atoms with van der Waals surface area (Å²) in [6.45, 7) is 4.14. The Bertz CT molecular complexity index is 472. The van der Waals surface area contributed by atoms with Gasteiger partial charge in [-0.15, -0.1) is 0 Å². The number of hydrogen-bond acceptors (Lipinski definition) is 3. The number of rotatable bonds is 1. The van der Waals surface area contributed by atoms with Gasteiger partial charge in [-0.2, -0.15) is 0 Å². The first-order chi connectivity index (χ1) is 8.16. The number of carboxylic acid groups (broad SMARTS) is 1. The van der Waals surface area contributed by atoms with Crippen molar-refractivity contribution in [3.05, 3.63) is 29.3 Å². The van der Waals surface area contributed by atoms with E-state index in [-0.39, 0.29) is 0 Å². The zero-order valence-electron chi connectivity index (χ0n) is 9.81. The number of benzene rings is 1. The van der Waals surface area contributed by atoms with Gasteiger partial charge in [-0.25, -0.2) is 4.79 Å². The van der Waals surface area contributed by atoms with E-state index in [2.05, 4.69) is 17.1 Å². The summed E-state index contributed by atoms with van der Waals surface area (Å²) in [4.78, 5) is 13.4. The van der Waals surface area contributed by atoms with Gasteiger partial charge < -0.3 is 15.3 Å². The summed E-state index contributed by atoms with van der Waals surface area (Å²) in [7, 11) is 0. The minimum Gasteiger partial charge on any atom is -0.478 e. The van der Waals surface area contributed by atoms with Gasteiger partial charge >= 0.3 is 5.97 Å². The van der Waals surface area contributed by atoms with Crippen molar-refractivity contribution in [3.8, 4) is 0 Å². The standard InChI is InChI=1S/C13H16N2O2/c1-8-6-14-7-11-4-9-2-3-10(13(16)17)5-12(9)15(8)11/h2-3,5,8,11,14H,4,6-7H2,1H3,(H,16,17)/t8-,11-/m1/s1. The van der Waals surface area contributed by atoms with Crippen LogP contribution in [0.4, 0.5) is 5.69 Å². The highest BCUT2D eigenvalue weighted by Gasteiger charge is 2.35. The second-order valence-electron chi connectivity index (χ2n) is 4.92. The quantitative estimate of drug-likeness (QED) is 0.761. The molecule has 90 valence electrons. The van der Waals surface area contributed by atoms with E-state index >= 15 is 0 Å². The summed E-state index contributed by atoms with van der Waals surface area (Å²) < 4.78 is 0. The Balaban J connectivity index is 2.03. The van der Waals surface area contributed by atoms with Crippen LogP contribution in [-0.4, -0.2) is 36.2 Å². The number of anilines is 1. The summed E-state index contributed by atoms with van der Waals surface area (Å²) in [6.07, 6.45) is 1.02. The molecule has 1 fully saturated rings. The summed E-state index contributed by atoms with van der Waals surface area (Å²) in [5, 5.41) is 12.5. The summed E-state index contributed by atoms with van der Waals surface area (Å²) in [5.41, 5.74) is 2.77. The lowest BCUT2D eigenvalue weighted by Gasteiger charge is -2.38. The van der Waals surface area contributed by atoms with Crippen LogP contribution in [-0.2, 0) is 6.42 Å². The topological polar surface area (TPSA) is 52.6 Å². The molecule has 0 saturated carbocycles. The fourth-order valence-corrected chi connectivity index (χ4v) is 2.98. The Hall–Kier alpha value is -1.55. The van der Waals surface area contributed by atoms with E-state index in [9.17, 15) is 4.79 Å². The molecule has 4 nitrogen and oxygen atoms in total. The first-order valence-corrected chi connectivity index (χ1v) is 6.02. The molecule has 0 radical (unpaired) electrons. The van der Waals surface area contributed by atoms with Crippen molar-refractivity contribution in [1.29, 1.82) is 0 Å². The Morgan fingerprint density at radius 1 is 1.47 bits per heavy atom. The number of aromatic carboxylic acids is 1. The number of hydrogen-bond donors (Lipinski definition) is 2.